The Hall–Kier alpha value is -2.11. The van der Waals surface area contributed by atoms with Crippen molar-refractivity contribution in [2.45, 2.75) is 13.3 Å². The van der Waals surface area contributed by atoms with E-state index in [1.54, 1.807) is 13.1 Å². The number of aryl methyl sites for hydroxylation is 1. The molecule has 6 heteroatoms. The molecule has 0 unspecified atom stereocenters. The molecule has 1 N–H and O–H groups in total. The van der Waals surface area contributed by atoms with Gasteiger partial charge in [-0.2, -0.15) is 0 Å². The second-order valence-corrected chi connectivity index (χ2v) is 3.93. The maximum absolute atomic E-state index is 13.2. The lowest BCUT2D eigenvalue weighted by Gasteiger charge is -2.07. The highest BCUT2D eigenvalue weighted by Gasteiger charge is 2.14. The van der Waals surface area contributed by atoms with Crippen molar-refractivity contribution >= 4 is 5.82 Å². The van der Waals surface area contributed by atoms with Crippen LogP contribution in [0.1, 0.15) is 12.6 Å². The fourth-order valence-corrected chi connectivity index (χ4v) is 1.62. The van der Waals surface area contributed by atoms with Gasteiger partial charge < -0.3 is 5.32 Å². The molecule has 0 saturated carbocycles. The SMILES string of the molecule is CCc1cc(NC)nc(-c2cc(F)c(F)c(F)c2)n1. The summed E-state index contributed by atoms with van der Waals surface area (Å²) < 4.78 is 39.3. The van der Waals surface area contributed by atoms with Gasteiger partial charge in [-0.05, 0) is 18.6 Å². The number of nitrogens with zero attached hydrogens (tertiary/aromatic N) is 2. The molecule has 0 amide bonds. The van der Waals surface area contributed by atoms with E-state index in [4.69, 9.17) is 0 Å². The summed E-state index contributed by atoms with van der Waals surface area (Å²) >= 11 is 0. The van der Waals surface area contributed by atoms with E-state index in [9.17, 15) is 13.2 Å². The van der Waals surface area contributed by atoms with Gasteiger partial charge in [0.2, 0.25) is 0 Å². The number of hydrogen-bond acceptors (Lipinski definition) is 3. The van der Waals surface area contributed by atoms with E-state index in [1.165, 1.54) is 0 Å². The van der Waals surface area contributed by atoms with E-state index in [0.29, 0.717) is 12.2 Å². The van der Waals surface area contributed by atoms with Gasteiger partial charge in [-0.25, -0.2) is 23.1 Å². The molecule has 0 aliphatic heterocycles. The zero-order valence-electron chi connectivity index (χ0n) is 10.5. The monoisotopic (exact) mass is 267 g/mol. The first-order chi connectivity index (χ1) is 9.05. The number of rotatable bonds is 3. The quantitative estimate of drug-likeness (QED) is 0.868. The van der Waals surface area contributed by atoms with E-state index in [0.717, 1.165) is 17.8 Å². The zero-order chi connectivity index (χ0) is 14.0. The molecule has 2 aromatic rings. The second-order valence-electron chi connectivity index (χ2n) is 3.93. The average molecular weight is 267 g/mol. The van der Waals surface area contributed by atoms with Crippen LogP contribution in [0.4, 0.5) is 19.0 Å². The average Bonchev–Trinajstić information content (AvgIpc) is 2.43. The Labute approximate surface area is 108 Å². The molecule has 0 bridgehead atoms. The first-order valence-electron chi connectivity index (χ1n) is 5.75. The number of nitrogens with one attached hydrogen (secondary N) is 1. The Morgan fingerprint density at radius 1 is 1.05 bits per heavy atom. The normalized spacial score (nSPS) is 10.6. The Morgan fingerprint density at radius 3 is 2.21 bits per heavy atom. The van der Waals surface area contributed by atoms with Crippen LogP contribution < -0.4 is 5.32 Å². The lowest BCUT2D eigenvalue weighted by Crippen LogP contribution is -2.01. The van der Waals surface area contributed by atoms with E-state index in [2.05, 4.69) is 15.3 Å². The smallest absolute Gasteiger partial charge is 0.194 e. The summed E-state index contributed by atoms with van der Waals surface area (Å²) in [5.74, 6) is -3.32. The van der Waals surface area contributed by atoms with Gasteiger partial charge in [0, 0.05) is 24.4 Å². The molecule has 100 valence electrons. The minimum Gasteiger partial charge on any atom is -0.373 e. The van der Waals surface area contributed by atoms with Gasteiger partial charge >= 0.3 is 0 Å². The maximum Gasteiger partial charge on any atom is 0.194 e. The van der Waals surface area contributed by atoms with Crippen LogP contribution in [0.3, 0.4) is 0 Å². The van der Waals surface area contributed by atoms with E-state index in [-0.39, 0.29) is 11.4 Å². The molecule has 0 atom stereocenters. The predicted molar refractivity (Wildman–Crippen MR) is 66.3 cm³/mol. The summed E-state index contributed by atoms with van der Waals surface area (Å²) in [6, 6.07) is 3.50. The van der Waals surface area contributed by atoms with Gasteiger partial charge in [0.25, 0.3) is 0 Å². The molecule has 3 nitrogen and oxygen atoms in total. The highest BCUT2D eigenvalue weighted by molar-refractivity contribution is 5.58. The van der Waals surface area contributed by atoms with Crippen LogP contribution in [-0.2, 0) is 6.42 Å². The van der Waals surface area contributed by atoms with E-state index in [1.807, 2.05) is 6.92 Å². The van der Waals surface area contributed by atoms with Crippen LogP contribution in [0.25, 0.3) is 11.4 Å². The topological polar surface area (TPSA) is 37.8 Å². The van der Waals surface area contributed by atoms with Crippen molar-refractivity contribution in [2.24, 2.45) is 0 Å². The third kappa shape index (κ3) is 2.67. The molecule has 1 heterocycles. The minimum atomic E-state index is -1.50. The highest BCUT2D eigenvalue weighted by Crippen LogP contribution is 2.22. The summed E-state index contributed by atoms with van der Waals surface area (Å²) in [5, 5.41) is 2.84. The number of benzene rings is 1. The summed E-state index contributed by atoms with van der Waals surface area (Å²) in [7, 11) is 1.68. The summed E-state index contributed by atoms with van der Waals surface area (Å²) in [5.41, 5.74) is 0.822. The first-order valence-corrected chi connectivity index (χ1v) is 5.75. The van der Waals surface area contributed by atoms with Crippen molar-refractivity contribution in [3.63, 3.8) is 0 Å². The number of hydrogen-bond donors (Lipinski definition) is 1. The first kappa shape index (κ1) is 13.3. The minimum absolute atomic E-state index is 0.100. The molecule has 0 spiro atoms. The molecule has 0 aliphatic rings. The molecule has 0 aliphatic carbocycles. The Balaban J connectivity index is 2.58. The van der Waals surface area contributed by atoms with Gasteiger partial charge in [0.05, 0.1) is 0 Å². The lowest BCUT2D eigenvalue weighted by atomic mass is 10.2. The second kappa shape index (κ2) is 5.26. The van der Waals surface area contributed by atoms with Crippen LogP contribution >= 0.6 is 0 Å². The highest BCUT2D eigenvalue weighted by atomic mass is 19.2. The largest absolute Gasteiger partial charge is 0.373 e. The van der Waals surface area contributed by atoms with Crippen molar-refractivity contribution in [1.29, 1.82) is 0 Å². The van der Waals surface area contributed by atoms with Crippen molar-refractivity contribution < 1.29 is 13.2 Å². The predicted octanol–water partition coefficient (Wildman–Crippen LogP) is 3.17. The van der Waals surface area contributed by atoms with Crippen molar-refractivity contribution in [3.05, 3.63) is 41.3 Å². The van der Waals surface area contributed by atoms with Crippen molar-refractivity contribution in [1.82, 2.24) is 9.97 Å². The fraction of sp³-hybridized carbons (Fsp3) is 0.231. The molecule has 2 rings (SSSR count). The molecule has 0 saturated heterocycles. The summed E-state index contributed by atoms with van der Waals surface area (Å²) in [6.07, 6.45) is 0.649. The fourth-order valence-electron chi connectivity index (χ4n) is 1.62. The molecule has 19 heavy (non-hydrogen) atoms. The number of aromatic nitrogens is 2. The van der Waals surface area contributed by atoms with Crippen molar-refractivity contribution in [2.75, 3.05) is 12.4 Å². The van der Waals surface area contributed by atoms with Gasteiger partial charge in [0.1, 0.15) is 5.82 Å². The van der Waals surface area contributed by atoms with Crippen molar-refractivity contribution in [3.8, 4) is 11.4 Å². The molecule has 1 aromatic heterocycles. The van der Waals surface area contributed by atoms with Crippen LogP contribution in [0.15, 0.2) is 18.2 Å². The molecule has 0 radical (unpaired) electrons. The van der Waals surface area contributed by atoms with Gasteiger partial charge in [-0.15, -0.1) is 0 Å². The van der Waals surface area contributed by atoms with Gasteiger partial charge in [-0.3, -0.25) is 0 Å². The molecule has 0 fully saturated rings. The van der Waals surface area contributed by atoms with Crippen LogP contribution in [0, 0.1) is 17.5 Å². The Bertz CT molecular complexity index is 569. The Kier molecular flexibility index (Phi) is 3.69. The summed E-state index contributed by atoms with van der Waals surface area (Å²) in [4.78, 5) is 8.28. The van der Waals surface area contributed by atoms with Crippen LogP contribution in [0.5, 0.6) is 0 Å². The molecular formula is C13H12F3N3. The van der Waals surface area contributed by atoms with E-state index < -0.39 is 17.5 Å². The van der Waals surface area contributed by atoms with Crippen LogP contribution in [-0.4, -0.2) is 17.0 Å². The standard InChI is InChI=1S/C13H12F3N3/c1-3-8-6-11(17-2)19-13(18-8)7-4-9(14)12(16)10(15)5-7/h4-6H,3H2,1-2H3,(H,17,18,19). The van der Waals surface area contributed by atoms with E-state index >= 15 is 0 Å². The van der Waals surface area contributed by atoms with Gasteiger partial charge in [0.15, 0.2) is 23.3 Å². The Morgan fingerprint density at radius 2 is 1.68 bits per heavy atom. The summed E-state index contributed by atoms with van der Waals surface area (Å²) in [6.45, 7) is 1.90. The molecule has 1 aromatic carbocycles. The zero-order valence-corrected chi connectivity index (χ0v) is 10.5. The maximum atomic E-state index is 13.2. The lowest BCUT2D eigenvalue weighted by molar-refractivity contribution is 0.447. The third-order valence-electron chi connectivity index (χ3n) is 2.64. The third-order valence-corrected chi connectivity index (χ3v) is 2.64. The number of anilines is 1. The number of halogens is 3. The van der Waals surface area contributed by atoms with Gasteiger partial charge in [-0.1, -0.05) is 6.92 Å². The molecular weight excluding hydrogens is 255 g/mol. The van der Waals surface area contributed by atoms with Crippen LogP contribution in [0.2, 0.25) is 0 Å².